The maximum Gasteiger partial charge on any atom is 0.207 e. The molecule has 2 rings (SSSR count). The maximum atomic E-state index is 11.7. The van der Waals surface area contributed by atoms with Gasteiger partial charge in [-0.2, -0.15) is 5.26 Å². The third-order valence-electron chi connectivity index (χ3n) is 2.03. The first-order valence-corrected chi connectivity index (χ1v) is 5.21. The predicted molar refractivity (Wildman–Crippen MR) is 62.0 cm³/mol. The van der Waals surface area contributed by atoms with Crippen molar-refractivity contribution in [3.05, 3.63) is 43.6 Å². The zero-order valence-corrected chi connectivity index (χ0v) is 9.69. The van der Waals surface area contributed by atoms with Gasteiger partial charge in [-0.1, -0.05) is 11.6 Å². The number of aromatic nitrogens is 1. The van der Waals surface area contributed by atoms with Crippen LogP contribution < -0.4 is 5.43 Å². The molecule has 15 heavy (non-hydrogen) atoms. The second-order valence-electron chi connectivity index (χ2n) is 2.95. The van der Waals surface area contributed by atoms with Gasteiger partial charge in [0.25, 0.3) is 0 Å². The lowest BCUT2D eigenvalue weighted by molar-refractivity contribution is 1.34. The average molecular weight is 284 g/mol. The standard InChI is InChI=1S/C10H4BrClN2O/c11-8-2-6(12)1-7-9(8)14-4-5(3-13)10(7)15/h1-2,4H,(H,14,15). The summed E-state index contributed by atoms with van der Waals surface area (Å²) in [6.45, 7) is 0. The van der Waals surface area contributed by atoms with Crippen molar-refractivity contribution >= 4 is 38.4 Å². The highest BCUT2D eigenvalue weighted by molar-refractivity contribution is 9.10. The number of halogens is 2. The van der Waals surface area contributed by atoms with Gasteiger partial charge >= 0.3 is 0 Å². The molecule has 0 aliphatic carbocycles. The molecule has 0 aliphatic rings. The average Bonchev–Trinajstić information content (AvgIpc) is 2.19. The van der Waals surface area contributed by atoms with Gasteiger partial charge < -0.3 is 4.98 Å². The Kier molecular flexibility index (Phi) is 2.51. The molecule has 0 aliphatic heterocycles. The summed E-state index contributed by atoms with van der Waals surface area (Å²) in [7, 11) is 0. The predicted octanol–water partition coefficient (Wildman–Crippen LogP) is 2.82. The van der Waals surface area contributed by atoms with E-state index in [-0.39, 0.29) is 11.0 Å². The van der Waals surface area contributed by atoms with Crippen LogP contribution in [0.3, 0.4) is 0 Å². The summed E-state index contributed by atoms with van der Waals surface area (Å²) in [5, 5.41) is 9.57. The Hall–Kier alpha value is -1.31. The van der Waals surface area contributed by atoms with Crippen molar-refractivity contribution in [1.82, 2.24) is 4.98 Å². The van der Waals surface area contributed by atoms with E-state index in [1.54, 1.807) is 12.1 Å². The number of rotatable bonds is 0. The highest BCUT2D eigenvalue weighted by Gasteiger charge is 2.07. The van der Waals surface area contributed by atoms with E-state index in [1.165, 1.54) is 6.20 Å². The Morgan fingerprint density at radius 2 is 2.20 bits per heavy atom. The Balaban J connectivity index is 3.01. The van der Waals surface area contributed by atoms with E-state index >= 15 is 0 Å². The van der Waals surface area contributed by atoms with Gasteiger partial charge in [0.1, 0.15) is 11.6 Å². The molecule has 0 atom stereocenters. The molecule has 0 amide bonds. The van der Waals surface area contributed by atoms with Crippen LogP contribution in [-0.4, -0.2) is 4.98 Å². The van der Waals surface area contributed by atoms with Crippen molar-refractivity contribution < 1.29 is 0 Å². The van der Waals surface area contributed by atoms with Crippen LogP contribution in [0.2, 0.25) is 5.02 Å². The number of nitrogens with one attached hydrogen (secondary N) is 1. The number of nitriles is 1. The molecule has 1 heterocycles. The molecule has 74 valence electrons. The molecule has 5 heteroatoms. The Labute approximate surface area is 98.4 Å². The van der Waals surface area contributed by atoms with E-state index in [0.29, 0.717) is 20.4 Å². The highest BCUT2D eigenvalue weighted by atomic mass is 79.9. The van der Waals surface area contributed by atoms with Crippen molar-refractivity contribution in [2.24, 2.45) is 0 Å². The molecule has 1 aromatic carbocycles. The van der Waals surface area contributed by atoms with Gasteiger partial charge in [0.05, 0.1) is 5.52 Å². The lowest BCUT2D eigenvalue weighted by atomic mass is 10.1. The molecule has 0 fully saturated rings. The number of pyridine rings is 1. The minimum Gasteiger partial charge on any atom is -0.359 e. The molecule has 3 nitrogen and oxygen atoms in total. The zero-order chi connectivity index (χ0) is 11.0. The molecule has 2 aromatic rings. The molecule has 0 saturated heterocycles. The smallest absolute Gasteiger partial charge is 0.207 e. The lowest BCUT2D eigenvalue weighted by Crippen LogP contribution is -2.07. The van der Waals surface area contributed by atoms with E-state index in [1.807, 2.05) is 6.07 Å². The number of H-pyrrole nitrogens is 1. The fourth-order valence-corrected chi connectivity index (χ4v) is 2.26. The molecule has 0 radical (unpaired) electrons. The van der Waals surface area contributed by atoms with Gasteiger partial charge in [0.15, 0.2) is 0 Å². The molecular weight excluding hydrogens is 279 g/mol. The number of hydrogen-bond acceptors (Lipinski definition) is 2. The molecule has 0 saturated carbocycles. The fraction of sp³-hybridized carbons (Fsp3) is 0. The van der Waals surface area contributed by atoms with Gasteiger partial charge in [-0.05, 0) is 28.1 Å². The van der Waals surface area contributed by atoms with Crippen LogP contribution in [0.1, 0.15) is 5.56 Å². The third-order valence-corrected chi connectivity index (χ3v) is 2.87. The van der Waals surface area contributed by atoms with E-state index in [9.17, 15) is 4.79 Å². The van der Waals surface area contributed by atoms with Gasteiger partial charge in [-0.15, -0.1) is 0 Å². The Bertz CT molecular complexity index is 642. The molecule has 0 unspecified atom stereocenters. The fourth-order valence-electron chi connectivity index (χ4n) is 1.34. The minimum atomic E-state index is -0.311. The van der Waals surface area contributed by atoms with Crippen LogP contribution in [0.15, 0.2) is 27.6 Å². The molecule has 1 aromatic heterocycles. The lowest BCUT2D eigenvalue weighted by Gasteiger charge is -2.01. The normalized spacial score (nSPS) is 10.2. The van der Waals surface area contributed by atoms with Crippen LogP contribution in [0.25, 0.3) is 10.9 Å². The van der Waals surface area contributed by atoms with Crippen LogP contribution in [0.4, 0.5) is 0 Å². The summed E-state index contributed by atoms with van der Waals surface area (Å²) >= 11 is 9.12. The maximum absolute atomic E-state index is 11.7. The van der Waals surface area contributed by atoms with Gasteiger partial charge in [0.2, 0.25) is 5.43 Å². The zero-order valence-electron chi connectivity index (χ0n) is 7.34. The van der Waals surface area contributed by atoms with E-state index in [4.69, 9.17) is 16.9 Å². The largest absolute Gasteiger partial charge is 0.359 e. The van der Waals surface area contributed by atoms with Crippen molar-refractivity contribution in [1.29, 1.82) is 5.26 Å². The van der Waals surface area contributed by atoms with Crippen LogP contribution in [-0.2, 0) is 0 Å². The first-order valence-electron chi connectivity index (χ1n) is 4.04. The summed E-state index contributed by atoms with van der Waals surface area (Å²) in [6.07, 6.45) is 1.39. The summed E-state index contributed by atoms with van der Waals surface area (Å²) in [5.74, 6) is 0. The number of nitrogens with zero attached hydrogens (tertiary/aromatic N) is 1. The summed E-state index contributed by atoms with van der Waals surface area (Å²) in [5.41, 5.74) is 0.412. The molecular formula is C10H4BrClN2O. The van der Waals surface area contributed by atoms with E-state index < -0.39 is 0 Å². The van der Waals surface area contributed by atoms with Crippen LogP contribution >= 0.6 is 27.5 Å². The number of aromatic amines is 1. The highest BCUT2D eigenvalue weighted by Crippen LogP contribution is 2.24. The summed E-state index contributed by atoms with van der Waals surface area (Å²) < 4.78 is 0.701. The topological polar surface area (TPSA) is 56.6 Å². The Morgan fingerprint density at radius 3 is 2.87 bits per heavy atom. The van der Waals surface area contributed by atoms with Crippen molar-refractivity contribution in [3.8, 4) is 6.07 Å². The number of hydrogen-bond donors (Lipinski definition) is 1. The molecule has 1 N–H and O–H groups in total. The third kappa shape index (κ3) is 1.65. The Morgan fingerprint density at radius 1 is 1.47 bits per heavy atom. The number of benzene rings is 1. The molecule has 0 spiro atoms. The van der Waals surface area contributed by atoms with Gasteiger partial charge in [0, 0.05) is 21.1 Å². The quantitative estimate of drug-likeness (QED) is 0.808. The van der Waals surface area contributed by atoms with E-state index in [0.717, 1.165) is 0 Å². The summed E-state index contributed by atoms with van der Waals surface area (Å²) in [4.78, 5) is 14.6. The van der Waals surface area contributed by atoms with Crippen LogP contribution in [0, 0.1) is 11.3 Å². The van der Waals surface area contributed by atoms with Crippen molar-refractivity contribution in [2.75, 3.05) is 0 Å². The first-order chi connectivity index (χ1) is 7.13. The first kappa shape index (κ1) is 10.2. The van der Waals surface area contributed by atoms with Crippen LogP contribution in [0.5, 0.6) is 0 Å². The van der Waals surface area contributed by atoms with Gasteiger partial charge in [-0.3, -0.25) is 4.79 Å². The van der Waals surface area contributed by atoms with Crippen molar-refractivity contribution in [3.63, 3.8) is 0 Å². The second-order valence-corrected chi connectivity index (χ2v) is 4.24. The monoisotopic (exact) mass is 282 g/mol. The van der Waals surface area contributed by atoms with Gasteiger partial charge in [-0.25, -0.2) is 0 Å². The molecule has 0 bridgehead atoms. The minimum absolute atomic E-state index is 0.0802. The van der Waals surface area contributed by atoms with Crippen molar-refractivity contribution in [2.45, 2.75) is 0 Å². The SMILES string of the molecule is N#Cc1c[nH]c2c(Br)cc(Cl)cc2c1=O. The van der Waals surface area contributed by atoms with E-state index in [2.05, 4.69) is 20.9 Å². The number of fused-ring (bicyclic) bond motifs is 1. The second kappa shape index (κ2) is 3.69. The summed E-state index contributed by atoms with van der Waals surface area (Å²) in [6, 6.07) is 5.05.